The van der Waals surface area contributed by atoms with Gasteiger partial charge in [-0.3, -0.25) is 4.79 Å². The third kappa shape index (κ3) is 8.93. The Morgan fingerprint density at radius 2 is 1.34 bits per heavy atom. The summed E-state index contributed by atoms with van der Waals surface area (Å²) in [5.41, 5.74) is -0.0405. The van der Waals surface area contributed by atoms with Crippen molar-refractivity contribution in [2.45, 2.75) is 52.1 Å². The lowest BCUT2D eigenvalue weighted by atomic mass is 10.1. The number of unbranched alkanes of at least 4 members (excludes halogenated alkanes) is 3. The second-order valence-corrected chi connectivity index (χ2v) is 7.51. The van der Waals surface area contributed by atoms with Crippen molar-refractivity contribution in [2.75, 3.05) is 34.4 Å². The maximum absolute atomic E-state index is 12.4. The standard InChI is InChI=1S/C21H34N2O6/c1-21(2,3)29-20(25)23-12-10-8-7-9-11-22-19(24)15-13-16(26-4)18(28-6)17(14-15)27-5/h13-14H,7-12H2,1-6H3,(H,22,24)(H,23,25). The van der Waals surface area contributed by atoms with Gasteiger partial charge in [0.05, 0.1) is 21.3 Å². The van der Waals surface area contributed by atoms with Gasteiger partial charge in [0.25, 0.3) is 5.91 Å². The molecule has 0 aliphatic carbocycles. The summed E-state index contributed by atoms with van der Waals surface area (Å²) in [4.78, 5) is 23.9. The van der Waals surface area contributed by atoms with E-state index in [9.17, 15) is 9.59 Å². The number of rotatable bonds is 11. The molecule has 0 aromatic heterocycles. The summed E-state index contributed by atoms with van der Waals surface area (Å²) in [5, 5.41) is 5.63. The van der Waals surface area contributed by atoms with E-state index in [0.717, 1.165) is 25.7 Å². The fraction of sp³-hybridized carbons (Fsp3) is 0.619. The van der Waals surface area contributed by atoms with Crippen LogP contribution < -0.4 is 24.8 Å². The van der Waals surface area contributed by atoms with Gasteiger partial charge in [-0.05, 0) is 45.7 Å². The normalized spacial score (nSPS) is 10.8. The highest BCUT2D eigenvalue weighted by Gasteiger charge is 2.17. The Kier molecular flexibility index (Phi) is 10.1. The maximum atomic E-state index is 12.4. The van der Waals surface area contributed by atoms with Crippen LogP contribution >= 0.6 is 0 Å². The van der Waals surface area contributed by atoms with Gasteiger partial charge in [0.15, 0.2) is 11.5 Å². The van der Waals surface area contributed by atoms with E-state index in [4.69, 9.17) is 18.9 Å². The van der Waals surface area contributed by atoms with Crippen molar-refractivity contribution in [1.29, 1.82) is 0 Å². The average Bonchev–Trinajstić information content (AvgIpc) is 2.67. The van der Waals surface area contributed by atoms with Crippen LogP contribution in [-0.2, 0) is 4.74 Å². The van der Waals surface area contributed by atoms with Gasteiger partial charge in [0, 0.05) is 18.7 Å². The number of amides is 2. The van der Waals surface area contributed by atoms with E-state index < -0.39 is 11.7 Å². The molecular formula is C21H34N2O6. The largest absolute Gasteiger partial charge is 0.493 e. The monoisotopic (exact) mass is 410 g/mol. The second kappa shape index (κ2) is 12.0. The molecule has 0 bridgehead atoms. The first-order chi connectivity index (χ1) is 13.7. The minimum atomic E-state index is -0.486. The van der Waals surface area contributed by atoms with Crippen molar-refractivity contribution in [3.8, 4) is 17.2 Å². The Morgan fingerprint density at radius 3 is 1.79 bits per heavy atom. The van der Waals surface area contributed by atoms with E-state index in [1.165, 1.54) is 21.3 Å². The third-order valence-corrected chi connectivity index (χ3v) is 3.98. The highest BCUT2D eigenvalue weighted by molar-refractivity contribution is 5.95. The molecule has 0 radical (unpaired) electrons. The van der Waals surface area contributed by atoms with Crippen LogP contribution in [0.2, 0.25) is 0 Å². The minimum absolute atomic E-state index is 0.198. The van der Waals surface area contributed by atoms with Gasteiger partial charge in [-0.25, -0.2) is 4.79 Å². The van der Waals surface area contributed by atoms with Gasteiger partial charge in [-0.1, -0.05) is 12.8 Å². The summed E-state index contributed by atoms with van der Waals surface area (Å²) in [6.07, 6.45) is 3.22. The van der Waals surface area contributed by atoms with Crippen molar-refractivity contribution in [2.24, 2.45) is 0 Å². The zero-order valence-corrected chi connectivity index (χ0v) is 18.3. The first-order valence-corrected chi connectivity index (χ1v) is 9.77. The molecule has 0 saturated carbocycles. The molecule has 1 aromatic rings. The molecule has 2 amide bonds. The molecule has 0 heterocycles. The molecule has 1 aromatic carbocycles. The highest BCUT2D eigenvalue weighted by Crippen LogP contribution is 2.38. The molecule has 0 unspecified atom stereocenters. The first kappa shape index (κ1) is 24.4. The Balaban J connectivity index is 2.30. The highest BCUT2D eigenvalue weighted by atomic mass is 16.6. The Labute approximate surface area is 173 Å². The van der Waals surface area contributed by atoms with E-state index in [1.807, 2.05) is 20.8 Å². The molecule has 0 spiro atoms. The van der Waals surface area contributed by atoms with Gasteiger partial charge >= 0.3 is 6.09 Å². The first-order valence-electron chi connectivity index (χ1n) is 9.77. The maximum Gasteiger partial charge on any atom is 0.407 e. The van der Waals surface area contributed by atoms with Gasteiger partial charge in [0.2, 0.25) is 5.75 Å². The van der Waals surface area contributed by atoms with Gasteiger partial charge in [-0.15, -0.1) is 0 Å². The number of nitrogens with one attached hydrogen (secondary N) is 2. The van der Waals surface area contributed by atoms with Crippen LogP contribution in [0.25, 0.3) is 0 Å². The number of hydrogen-bond donors (Lipinski definition) is 2. The molecule has 8 heteroatoms. The molecule has 0 fully saturated rings. The summed E-state index contributed by atoms with van der Waals surface area (Å²) in [7, 11) is 4.54. The summed E-state index contributed by atoms with van der Waals surface area (Å²) < 4.78 is 21.0. The van der Waals surface area contributed by atoms with Crippen LogP contribution in [0.3, 0.4) is 0 Å². The lowest BCUT2D eigenvalue weighted by Gasteiger charge is -2.19. The van der Waals surface area contributed by atoms with Crippen LogP contribution in [0.1, 0.15) is 56.8 Å². The van der Waals surface area contributed by atoms with Crippen molar-refractivity contribution in [3.05, 3.63) is 17.7 Å². The van der Waals surface area contributed by atoms with Crippen molar-refractivity contribution >= 4 is 12.0 Å². The molecule has 1 rings (SSSR count). The molecule has 0 atom stereocenters. The van der Waals surface area contributed by atoms with E-state index in [0.29, 0.717) is 35.9 Å². The minimum Gasteiger partial charge on any atom is -0.493 e. The number of alkyl carbamates (subject to hydrolysis) is 1. The Morgan fingerprint density at radius 1 is 0.828 bits per heavy atom. The average molecular weight is 411 g/mol. The molecule has 29 heavy (non-hydrogen) atoms. The number of carbonyl (C=O) groups is 2. The molecule has 0 aliphatic heterocycles. The number of carbonyl (C=O) groups excluding carboxylic acids is 2. The van der Waals surface area contributed by atoms with Gasteiger partial charge < -0.3 is 29.6 Å². The summed E-state index contributed by atoms with van der Waals surface area (Å²) >= 11 is 0. The lowest BCUT2D eigenvalue weighted by molar-refractivity contribution is 0.0526. The number of benzene rings is 1. The van der Waals surface area contributed by atoms with Gasteiger partial charge in [0.1, 0.15) is 5.60 Å². The quantitative estimate of drug-likeness (QED) is 0.542. The van der Waals surface area contributed by atoms with Crippen LogP contribution in [0.4, 0.5) is 4.79 Å². The fourth-order valence-electron chi connectivity index (χ4n) is 2.62. The predicted octanol–water partition coefficient (Wildman–Crippen LogP) is 3.53. The van der Waals surface area contributed by atoms with E-state index in [2.05, 4.69) is 10.6 Å². The third-order valence-electron chi connectivity index (χ3n) is 3.98. The summed E-state index contributed by atoms with van der Waals surface area (Å²) in [6.45, 7) is 6.64. The van der Waals surface area contributed by atoms with Crippen LogP contribution in [0.15, 0.2) is 12.1 Å². The molecule has 8 nitrogen and oxygen atoms in total. The Bertz CT molecular complexity index is 645. The van der Waals surface area contributed by atoms with E-state index in [-0.39, 0.29) is 5.91 Å². The Hall–Kier alpha value is -2.64. The van der Waals surface area contributed by atoms with Crippen molar-refractivity contribution in [1.82, 2.24) is 10.6 Å². The lowest BCUT2D eigenvalue weighted by Crippen LogP contribution is -2.33. The molecule has 0 saturated heterocycles. The van der Waals surface area contributed by atoms with Crippen LogP contribution in [-0.4, -0.2) is 52.0 Å². The zero-order valence-electron chi connectivity index (χ0n) is 18.3. The number of methoxy groups -OCH3 is 3. The molecule has 164 valence electrons. The molecule has 2 N–H and O–H groups in total. The van der Waals surface area contributed by atoms with E-state index in [1.54, 1.807) is 12.1 Å². The number of hydrogen-bond acceptors (Lipinski definition) is 6. The van der Waals surface area contributed by atoms with Crippen LogP contribution in [0.5, 0.6) is 17.2 Å². The number of ether oxygens (including phenoxy) is 4. The zero-order chi connectivity index (χ0) is 21.9. The summed E-state index contributed by atoms with van der Waals surface area (Å²) in [6, 6.07) is 3.25. The molecule has 0 aliphatic rings. The smallest absolute Gasteiger partial charge is 0.407 e. The van der Waals surface area contributed by atoms with Gasteiger partial charge in [-0.2, -0.15) is 0 Å². The summed E-state index contributed by atoms with van der Waals surface area (Å²) in [5.74, 6) is 1.13. The van der Waals surface area contributed by atoms with Crippen molar-refractivity contribution < 1.29 is 28.5 Å². The van der Waals surface area contributed by atoms with E-state index >= 15 is 0 Å². The fourth-order valence-corrected chi connectivity index (χ4v) is 2.62. The molecular weight excluding hydrogens is 376 g/mol. The predicted molar refractivity (Wildman–Crippen MR) is 111 cm³/mol. The SMILES string of the molecule is COc1cc(C(=O)NCCCCCCNC(=O)OC(C)(C)C)cc(OC)c1OC. The van der Waals surface area contributed by atoms with Crippen molar-refractivity contribution in [3.63, 3.8) is 0 Å². The second-order valence-electron chi connectivity index (χ2n) is 7.51. The van der Waals surface area contributed by atoms with Crippen LogP contribution in [0, 0.1) is 0 Å². The topological polar surface area (TPSA) is 95.1 Å².